The smallest absolute Gasteiger partial charge is 0.321 e. The van der Waals surface area contributed by atoms with Crippen molar-refractivity contribution in [3.8, 4) is 0 Å². The zero-order chi connectivity index (χ0) is 7.78. The summed E-state index contributed by atoms with van der Waals surface area (Å²) in [5.74, 6) is 0.485. The van der Waals surface area contributed by atoms with E-state index in [1.807, 2.05) is 0 Å². The van der Waals surface area contributed by atoms with Gasteiger partial charge in [0.05, 0.1) is 5.54 Å². The van der Waals surface area contributed by atoms with E-state index >= 15 is 0 Å². The Morgan fingerprint density at radius 1 is 1.90 bits per heavy atom. The number of hydrogen-bond donors (Lipinski definition) is 2. The van der Waals surface area contributed by atoms with E-state index in [9.17, 15) is 4.57 Å². The fourth-order valence-electron chi connectivity index (χ4n) is 1.40. The molecule has 0 aromatic heterocycles. The second-order valence-corrected chi connectivity index (χ2v) is 4.07. The zero-order valence-corrected chi connectivity index (χ0v) is 6.97. The second-order valence-electron chi connectivity index (χ2n) is 3.05. The molecule has 0 aliphatic heterocycles. The Kier molecular flexibility index (Phi) is 2.09. The fraction of sp³-hybridized carbons (Fsp3) is 1.00. The van der Waals surface area contributed by atoms with Crippen molar-refractivity contribution in [3.05, 3.63) is 0 Å². The second kappa shape index (κ2) is 2.57. The van der Waals surface area contributed by atoms with Crippen molar-refractivity contribution in [3.63, 3.8) is 0 Å². The predicted octanol–water partition coefficient (Wildman–Crippen LogP) is 0.849. The molecule has 0 spiro atoms. The van der Waals surface area contributed by atoms with Crippen molar-refractivity contribution in [2.45, 2.75) is 25.3 Å². The minimum atomic E-state index is -2.03. The maximum absolute atomic E-state index is 10.4. The van der Waals surface area contributed by atoms with Gasteiger partial charge in [0.1, 0.15) is 0 Å². The van der Waals surface area contributed by atoms with Gasteiger partial charge in [0.15, 0.2) is 6.16 Å². The third-order valence-corrected chi connectivity index (χ3v) is 3.06. The van der Waals surface area contributed by atoms with Gasteiger partial charge in [-0.3, -0.25) is 0 Å². The van der Waals surface area contributed by atoms with Crippen LogP contribution < -0.4 is 5.73 Å². The molecule has 4 heteroatoms. The summed E-state index contributed by atoms with van der Waals surface area (Å²) in [7, 11) is -2.03. The van der Waals surface area contributed by atoms with Crippen LogP contribution in [0.3, 0.4) is 0 Å². The zero-order valence-electron chi connectivity index (χ0n) is 6.08. The average Bonchev–Trinajstić information content (AvgIpc) is 2.39. The van der Waals surface area contributed by atoms with Crippen molar-refractivity contribution in [2.75, 3.05) is 6.16 Å². The molecule has 0 radical (unpaired) electrons. The molecule has 1 rings (SSSR count). The largest absolute Gasteiger partial charge is 0.507 e. The molecule has 3 N–H and O–H groups in total. The SMILES string of the molecule is CC[C@H]1C[C@]1(N)C[P+](=O)O. The van der Waals surface area contributed by atoms with E-state index in [0.717, 1.165) is 12.8 Å². The van der Waals surface area contributed by atoms with E-state index in [1.54, 1.807) is 0 Å². The maximum atomic E-state index is 10.4. The Balaban J connectivity index is 2.36. The molecule has 1 aliphatic carbocycles. The first kappa shape index (κ1) is 8.12. The molecule has 0 aromatic carbocycles. The molecule has 0 bridgehead atoms. The Labute approximate surface area is 61.5 Å². The minimum Gasteiger partial charge on any atom is -0.321 e. The Bertz CT molecular complexity index is 162. The molecule has 1 unspecified atom stereocenters. The van der Waals surface area contributed by atoms with E-state index in [1.165, 1.54) is 0 Å². The molecule has 0 heterocycles. The van der Waals surface area contributed by atoms with Crippen LogP contribution in [0.2, 0.25) is 0 Å². The average molecular weight is 162 g/mol. The highest BCUT2D eigenvalue weighted by molar-refractivity contribution is 7.38. The summed E-state index contributed by atoms with van der Waals surface area (Å²) in [5.41, 5.74) is 5.46. The van der Waals surface area contributed by atoms with Crippen LogP contribution in [0, 0.1) is 5.92 Å². The fourth-order valence-corrected chi connectivity index (χ4v) is 2.29. The molecule has 3 nitrogen and oxygen atoms in total. The van der Waals surface area contributed by atoms with Gasteiger partial charge in [-0.2, -0.15) is 4.89 Å². The van der Waals surface area contributed by atoms with Crippen LogP contribution in [0.4, 0.5) is 0 Å². The van der Waals surface area contributed by atoms with Crippen molar-refractivity contribution in [1.82, 2.24) is 0 Å². The lowest BCUT2D eigenvalue weighted by atomic mass is 10.2. The van der Waals surface area contributed by atoms with Gasteiger partial charge in [0, 0.05) is 0 Å². The summed E-state index contributed by atoms with van der Waals surface area (Å²) < 4.78 is 10.4. The van der Waals surface area contributed by atoms with Crippen LogP contribution in [0.25, 0.3) is 0 Å². The van der Waals surface area contributed by atoms with E-state index in [0.29, 0.717) is 5.92 Å². The lowest BCUT2D eigenvalue weighted by Gasteiger charge is -1.99. The highest BCUT2D eigenvalue weighted by atomic mass is 31.1. The van der Waals surface area contributed by atoms with Gasteiger partial charge in [-0.15, -0.1) is 0 Å². The molecule has 58 valence electrons. The lowest BCUT2D eigenvalue weighted by molar-refractivity contribution is 0.491. The first-order valence-electron chi connectivity index (χ1n) is 3.51. The molecular weight excluding hydrogens is 149 g/mol. The van der Waals surface area contributed by atoms with Crippen molar-refractivity contribution in [2.24, 2.45) is 11.7 Å². The number of nitrogens with two attached hydrogens (primary N) is 1. The molecule has 1 fully saturated rings. The quantitative estimate of drug-likeness (QED) is 0.604. The van der Waals surface area contributed by atoms with Gasteiger partial charge in [-0.05, 0) is 16.9 Å². The molecular formula is C6H13NO2P+. The number of hydrogen-bond acceptors (Lipinski definition) is 2. The van der Waals surface area contributed by atoms with Crippen molar-refractivity contribution >= 4 is 8.03 Å². The Hall–Kier alpha value is 0.0200. The molecule has 1 saturated carbocycles. The summed E-state index contributed by atoms with van der Waals surface area (Å²) in [6.45, 7) is 2.06. The first-order chi connectivity index (χ1) is 4.58. The highest BCUT2D eigenvalue weighted by Crippen LogP contribution is 2.47. The van der Waals surface area contributed by atoms with Crippen LogP contribution >= 0.6 is 8.03 Å². The summed E-state index contributed by atoms with van der Waals surface area (Å²) in [4.78, 5) is 8.57. The van der Waals surface area contributed by atoms with Gasteiger partial charge >= 0.3 is 8.03 Å². The summed E-state index contributed by atoms with van der Waals surface area (Å²) in [6.07, 6.45) is 2.23. The molecule has 0 aromatic rings. The third-order valence-electron chi connectivity index (χ3n) is 2.20. The van der Waals surface area contributed by atoms with E-state index in [4.69, 9.17) is 10.6 Å². The van der Waals surface area contributed by atoms with Crippen LogP contribution in [-0.4, -0.2) is 16.6 Å². The maximum Gasteiger partial charge on any atom is 0.507 e. The van der Waals surface area contributed by atoms with Crippen LogP contribution in [0.5, 0.6) is 0 Å². The molecule has 3 atom stereocenters. The third kappa shape index (κ3) is 1.54. The molecule has 1 aliphatic rings. The van der Waals surface area contributed by atoms with E-state index in [2.05, 4.69) is 6.92 Å². The molecule has 0 amide bonds. The standard InChI is InChI=1S/C6H12NO2P/c1-2-5-3-6(5,7)4-10(8)9/h5H,2-4,7H2,1H3/p+1/t5-,6-/m0/s1. The normalized spacial score (nSPS) is 39.5. The van der Waals surface area contributed by atoms with Gasteiger partial charge in [-0.25, -0.2) is 0 Å². The van der Waals surface area contributed by atoms with Crippen molar-refractivity contribution in [1.29, 1.82) is 0 Å². The van der Waals surface area contributed by atoms with Crippen molar-refractivity contribution < 1.29 is 9.46 Å². The molecule has 0 saturated heterocycles. The van der Waals surface area contributed by atoms with Gasteiger partial charge in [0.2, 0.25) is 0 Å². The highest BCUT2D eigenvalue weighted by Gasteiger charge is 2.54. The summed E-state index contributed by atoms with van der Waals surface area (Å²) in [6, 6.07) is 0. The minimum absolute atomic E-state index is 0.279. The first-order valence-corrected chi connectivity index (χ1v) is 4.90. The van der Waals surface area contributed by atoms with Crippen LogP contribution in [-0.2, 0) is 4.57 Å². The van der Waals surface area contributed by atoms with Gasteiger partial charge < -0.3 is 5.73 Å². The van der Waals surface area contributed by atoms with Crippen LogP contribution in [0.15, 0.2) is 0 Å². The monoisotopic (exact) mass is 162 g/mol. The van der Waals surface area contributed by atoms with E-state index < -0.39 is 8.03 Å². The predicted molar refractivity (Wildman–Crippen MR) is 40.0 cm³/mol. The van der Waals surface area contributed by atoms with Gasteiger partial charge in [0.25, 0.3) is 0 Å². The Morgan fingerprint density at radius 2 is 2.50 bits per heavy atom. The number of rotatable bonds is 3. The van der Waals surface area contributed by atoms with E-state index in [-0.39, 0.29) is 11.7 Å². The summed E-state index contributed by atoms with van der Waals surface area (Å²) >= 11 is 0. The molecule has 10 heavy (non-hydrogen) atoms. The topological polar surface area (TPSA) is 63.3 Å². The lowest BCUT2D eigenvalue weighted by Crippen LogP contribution is -2.27. The van der Waals surface area contributed by atoms with Crippen LogP contribution in [0.1, 0.15) is 19.8 Å². The van der Waals surface area contributed by atoms with Gasteiger partial charge in [-0.1, -0.05) is 13.3 Å². The summed E-state index contributed by atoms with van der Waals surface area (Å²) in [5, 5.41) is 0. The Morgan fingerprint density at radius 3 is 2.80 bits per heavy atom.